The molecule has 1 aromatic heterocycles. The fourth-order valence-corrected chi connectivity index (χ4v) is 3.55. The molecule has 1 N–H and O–H groups in total. The molecule has 9 heteroatoms. The van der Waals surface area contributed by atoms with Gasteiger partial charge in [0.2, 0.25) is 10.0 Å². The van der Waals surface area contributed by atoms with Crippen LogP contribution in [0.4, 0.5) is 0 Å². The Balaban J connectivity index is 2.46. The number of benzene rings is 1. The van der Waals surface area contributed by atoms with Gasteiger partial charge in [0.1, 0.15) is 6.54 Å². The number of carbonyl (C=O) groups excluding carboxylic acids is 1. The lowest BCUT2D eigenvalue weighted by Crippen LogP contribution is -2.42. The number of esters is 1. The number of rotatable bonds is 6. The molecule has 0 bridgehead atoms. The van der Waals surface area contributed by atoms with E-state index in [9.17, 15) is 18.0 Å². The van der Waals surface area contributed by atoms with E-state index in [0.717, 1.165) is 4.57 Å². The van der Waals surface area contributed by atoms with Crippen LogP contribution in [-0.4, -0.2) is 31.6 Å². The summed E-state index contributed by atoms with van der Waals surface area (Å²) in [6.45, 7) is 5.11. The van der Waals surface area contributed by atoms with E-state index in [1.165, 1.54) is 25.3 Å². The first-order chi connectivity index (χ1) is 11.1. The molecule has 0 spiro atoms. The second-order valence-corrected chi connectivity index (χ2v) is 7.69. The van der Waals surface area contributed by atoms with E-state index in [-0.39, 0.29) is 17.0 Å². The Labute approximate surface area is 139 Å². The number of hydrogen-bond acceptors (Lipinski definition) is 6. The van der Waals surface area contributed by atoms with Gasteiger partial charge in [-0.15, -0.1) is 0 Å². The Bertz CT molecular complexity index is 923. The monoisotopic (exact) mass is 356 g/mol. The summed E-state index contributed by atoms with van der Waals surface area (Å²) in [6.07, 6.45) is 0.610. The summed E-state index contributed by atoms with van der Waals surface area (Å²) in [5, 5.41) is 0. The molecule has 0 aliphatic carbocycles. The third kappa shape index (κ3) is 3.68. The third-order valence-electron chi connectivity index (χ3n) is 3.76. The van der Waals surface area contributed by atoms with Gasteiger partial charge in [-0.25, -0.2) is 17.9 Å². The minimum atomic E-state index is -3.77. The zero-order valence-electron chi connectivity index (χ0n) is 14.0. The molecule has 0 radical (unpaired) electrons. The molecule has 0 saturated heterocycles. The average Bonchev–Trinajstić information content (AvgIpc) is 2.81. The molecule has 8 nitrogen and oxygen atoms in total. The molecule has 0 unspecified atom stereocenters. The predicted octanol–water partition coefficient (Wildman–Crippen LogP) is 1.23. The number of sulfonamides is 1. The lowest BCUT2D eigenvalue weighted by molar-refractivity contribution is -0.141. The minimum Gasteiger partial charge on any atom is -0.468 e. The smallest absolute Gasteiger partial charge is 0.420 e. The van der Waals surface area contributed by atoms with Crippen molar-refractivity contribution in [2.24, 2.45) is 0 Å². The number of nitrogens with one attached hydrogen (secondary N) is 1. The van der Waals surface area contributed by atoms with Gasteiger partial charge in [-0.2, -0.15) is 0 Å². The maximum Gasteiger partial charge on any atom is 0.420 e. The normalized spacial score (nSPS) is 12.5. The van der Waals surface area contributed by atoms with Gasteiger partial charge in [-0.3, -0.25) is 9.36 Å². The Morgan fingerprint density at radius 2 is 2.04 bits per heavy atom. The highest BCUT2D eigenvalue weighted by atomic mass is 32.2. The van der Waals surface area contributed by atoms with Crippen LogP contribution in [0.5, 0.6) is 0 Å². The average molecular weight is 356 g/mol. The van der Waals surface area contributed by atoms with Crippen LogP contribution in [0.3, 0.4) is 0 Å². The first kappa shape index (κ1) is 18.2. The van der Waals surface area contributed by atoms with Gasteiger partial charge in [0.05, 0.1) is 17.5 Å². The summed E-state index contributed by atoms with van der Waals surface area (Å²) < 4.78 is 38.2. The topological polar surface area (TPSA) is 108 Å². The highest BCUT2D eigenvalue weighted by molar-refractivity contribution is 7.89. The molecule has 2 rings (SSSR count). The molecule has 1 heterocycles. The fourth-order valence-electron chi connectivity index (χ4n) is 2.05. The molecule has 0 atom stereocenters. The summed E-state index contributed by atoms with van der Waals surface area (Å²) in [7, 11) is -2.56. The zero-order valence-corrected chi connectivity index (χ0v) is 14.8. The van der Waals surface area contributed by atoms with Crippen molar-refractivity contribution in [2.75, 3.05) is 7.11 Å². The van der Waals surface area contributed by atoms with E-state index in [0.29, 0.717) is 11.9 Å². The molecule has 2 aromatic rings. The van der Waals surface area contributed by atoms with Crippen LogP contribution in [0.2, 0.25) is 0 Å². The molecule has 1 aromatic carbocycles. The summed E-state index contributed by atoms with van der Waals surface area (Å²) in [6, 6.07) is 4.05. The summed E-state index contributed by atoms with van der Waals surface area (Å²) in [5.41, 5.74) is -0.203. The Hall–Kier alpha value is -2.13. The van der Waals surface area contributed by atoms with Crippen molar-refractivity contribution < 1.29 is 22.4 Å². The second-order valence-electron chi connectivity index (χ2n) is 6.00. The van der Waals surface area contributed by atoms with Gasteiger partial charge in [0.15, 0.2) is 5.58 Å². The highest BCUT2D eigenvalue weighted by Crippen LogP contribution is 2.20. The largest absolute Gasteiger partial charge is 0.468 e. The predicted molar refractivity (Wildman–Crippen MR) is 87.2 cm³/mol. The molecule has 0 aliphatic heterocycles. The van der Waals surface area contributed by atoms with Crippen LogP contribution < -0.4 is 10.5 Å². The van der Waals surface area contributed by atoms with Crippen LogP contribution in [0.25, 0.3) is 11.1 Å². The van der Waals surface area contributed by atoms with E-state index >= 15 is 0 Å². The van der Waals surface area contributed by atoms with Crippen LogP contribution >= 0.6 is 0 Å². The SMILES string of the molecule is CCC(C)(C)NS(=O)(=O)c1ccc2c(c1)oc(=O)n2CC(=O)OC. The number of methoxy groups -OCH3 is 1. The Kier molecular flexibility index (Phi) is 4.86. The maximum absolute atomic E-state index is 12.5. The van der Waals surface area contributed by atoms with E-state index in [2.05, 4.69) is 9.46 Å². The van der Waals surface area contributed by atoms with Gasteiger partial charge in [-0.05, 0) is 32.4 Å². The molecule has 0 aliphatic rings. The van der Waals surface area contributed by atoms with Crippen molar-refractivity contribution in [2.45, 2.75) is 44.2 Å². The van der Waals surface area contributed by atoms with Crippen LogP contribution in [-0.2, 0) is 26.1 Å². The van der Waals surface area contributed by atoms with Gasteiger partial charge in [0, 0.05) is 11.6 Å². The van der Waals surface area contributed by atoms with Crippen LogP contribution in [0, 0.1) is 0 Å². The van der Waals surface area contributed by atoms with E-state index in [1.54, 1.807) is 13.8 Å². The molecular formula is C15H20N2O6S. The third-order valence-corrected chi connectivity index (χ3v) is 5.46. The fraction of sp³-hybridized carbons (Fsp3) is 0.467. The number of nitrogens with zero attached hydrogens (tertiary/aromatic N) is 1. The minimum absolute atomic E-state index is 0.0181. The van der Waals surface area contributed by atoms with Gasteiger partial charge >= 0.3 is 11.7 Å². The standard InChI is InChI=1S/C15H20N2O6S/c1-5-15(2,3)16-24(20,21)10-6-7-11-12(8-10)23-14(19)17(11)9-13(18)22-4/h6-8,16H,5,9H2,1-4H3. The number of carbonyl (C=O) groups is 1. The lowest BCUT2D eigenvalue weighted by atomic mass is 10.0. The van der Waals surface area contributed by atoms with E-state index in [4.69, 9.17) is 4.42 Å². The molecule has 0 saturated carbocycles. The summed E-state index contributed by atoms with van der Waals surface area (Å²) in [4.78, 5) is 23.2. The van der Waals surface area contributed by atoms with E-state index in [1.807, 2.05) is 6.92 Å². The summed E-state index contributed by atoms with van der Waals surface area (Å²) >= 11 is 0. The van der Waals surface area contributed by atoms with Crippen LogP contribution in [0.15, 0.2) is 32.3 Å². The number of oxazole rings is 1. The second kappa shape index (κ2) is 6.40. The summed E-state index contributed by atoms with van der Waals surface area (Å²) in [5.74, 6) is -1.37. The first-order valence-electron chi connectivity index (χ1n) is 7.34. The number of hydrogen-bond donors (Lipinski definition) is 1. The molecule has 0 amide bonds. The van der Waals surface area contributed by atoms with Crippen molar-refractivity contribution >= 4 is 27.1 Å². The Morgan fingerprint density at radius 3 is 2.62 bits per heavy atom. The Morgan fingerprint density at radius 1 is 1.38 bits per heavy atom. The highest BCUT2D eigenvalue weighted by Gasteiger charge is 2.25. The van der Waals surface area contributed by atoms with Gasteiger partial charge in [-0.1, -0.05) is 6.92 Å². The van der Waals surface area contributed by atoms with Crippen molar-refractivity contribution in [3.05, 3.63) is 28.7 Å². The first-order valence-corrected chi connectivity index (χ1v) is 8.82. The van der Waals surface area contributed by atoms with Gasteiger partial charge in [0.25, 0.3) is 0 Å². The van der Waals surface area contributed by atoms with Crippen molar-refractivity contribution in [1.29, 1.82) is 0 Å². The molecule has 132 valence electrons. The van der Waals surface area contributed by atoms with E-state index < -0.39 is 27.3 Å². The van der Waals surface area contributed by atoms with Crippen LogP contribution in [0.1, 0.15) is 27.2 Å². The zero-order chi connectivity index (χ0) is 18.1. The molecule has 24 heavy (non-hydrogen) atoms. The van der Waals surface area contributed by atoms with Crippen molar-refractivity contribution in [3.63, 3.8) is 0 Å². The number of ether oxygens (including phenoxy) is 1. The maximum atomic E-state index is 12.5. The van der Waals surface area contributed by atoms with Gasteiger partial charge < -0.3 is 9.15 Å². The lowest BCUT2D eigenvalue weighted by Gasteiger charge is -2.24. The number of fused-ring (bicyclic) bond motifs is 1. The van der Waals surface area contributed by atoms with Crippen molar-refractivity contribution in [1.82, 2.24) is 9.29 Å². The number of aromatic nitrogens is 1. The quantitative estimate of drug-likeness (QED) is 0.780. The van der Waals surface area contributed by atoms with Crippen molar-refractivity contribution in [3.8, 4) is 0 Å². The molecular weight excluding hydrogens is 336 g/mol. The molecule has 0 fully saturated rings.